The molecule has 0 aliphatic heterocycles. The first-order valence-electron chi connectivity index (χ1n) is 5.99. The standard InChI is InChI=1S/C11H18N4O2S/c1-11(4-2-3-5-11)8-15-18(16,17)9-6-13-10(12)14-7-9/h6-7,15H,2-5,8H2,1H3,(H2,12,13,14). The zero-order valence-corrected chi connectivity index (χ0v) is 11.2. The van der Waals surface area contributed by atoms with E-state index in [1.165, 1.54) is 25.2 Å². The molecule has 3 N–H and O–H groups in total. The molecule has 0 radical (unpaired) electrons. The first kappa shape index (κ1) is 13.2. The second-order valence-electron chi connectivity index (χ2n) is 5.12. The summed E-state index contributed by atoms with van der Waals surface area (Å²) >= 11 is 0. The molecule has 1 aromatic heterocycles. The van der Waals surface area contributed by atoms with Crippen LogP contribution in [0.4, 0.5) is 5.95 Å². The van der Waals surface area contributed by atoms with Crippen molar-refractivity contribution in [2.45, 2.75) is 37.5 Å². The summed E-state index contributed by atoms with van der Waals surface area (Å²) < 4.78 is 26.6. The van der Waals surface area contributed by atoms with Gasteiger partial charge in [-0.3, -0.25) is 0 Å². The Kier molecular flexibility index (Phi) is 3.54. The monoisotopic (exact) mass is 270 g/mol. The summed E-state index contributed by atoms with van der Waals surface area (Å²) in [6.07, 6.45) is 6.91. The van der Waals surface area contributed by atoms with Gasteiger partial charge in [0.2, 0.25) is 16.0 Å². The van der Waals surface area contributed by atoms with Crippen LogP contribution in [0.25, 0.3) is 0 Å². The molecule has 0 saturated heterocycles. The second-order valence-corrected chi connectivity index (χ2v) is 6.89. The van der Waals surface area contributed by atoms with E-state index in [0.717, 1.165) is 12.8 Å². The Labute approximate surface area is 107 Å². The summed E-state index contributed by atoms with van der Waals surface area (Å²) in [6, 6.07) is 0. The molecule has 1 fully saturated rings. The van der Waals surface area contributed by atoms with Crippen molar-refractivity contribution in [1.29, 1.82) is 0 Å². The molecule has 2 rings (SSSR count). The van der Waals surface area contributed by atoms with Crippen LogP contribution in [-0.4, -0.2) is 24.9 Å². The number of nitrogens with two attached hydrogens (primary N) is 1. The van der Waals surface area contributed by atoms with Crippen LogP contribution in [0.5, 0.6) is 0 Å². The number of nitrogens with one attached hydrogen (secondary N) is 1. The molecule has 1 aliphatic rings. The number of rotatable bonds is 4. The second kappa shape index (κ2) is 4.81. The molecule has 0 atom stereocenters. The molecule has 0 spiro atoms. The van der Waals surface area contributed by atoms with Crippen molar-refractivity contribution in [1.82, 2.24) is 14.7 Å². The maximum atomic E-state index is 12.0. The Morgan fingerprint density at radius 1 is 1.33 bits per heavy atom. The summed E-state index contributed by atoms with van der Waals surface area (Å²) in [6.45, 7) is 2.57. The van der Waals surface area contributed by atoms with Crippen LogP contribution in [0.1, 0.15) is 32.6 Å². The fraction of sp³-hybridized carbons (Fsp3) is 0.636. The highest BCUT2D eigenvalue weighted by molar-refractivity contribution is 7.89. The highest BCUT2D eigenvalue weighted by atomic mass is 32.2. The molecule has 18 heavy (non-hydrogen) atoms. The van der Waals surface area contributed by atoms with Crippen LogP contribution < -0.4 is 10.5 Å². The van der Waals surface area contributed by atoms with E-state index in [2.05, 4.69) is 21.6 Å². The summed E-state index contributed by atoms with van der Waals surface area (Å²) in [5, 5.41) is 0. The lowest BCUT2D eigenvalue weighted by Gasteiger charge is -2.23. The van der Waals surface area contributed by atoms with Gasteiger partial charge in [0.1, 0.15) is 4.90 Å². The van der Waals surface area contributed by atoms with Crippen LogP contribution in [0, 0.1) is 5.41 Å². The topological polar surface area (TPSA) is 98.0 Å². The van der Waals surface area contributed by atoms with Gasteiger partial charge < -0.3 is 5.73 Å². The van der Waals surface area contributed by atoms with Gasteiger partial charge in [-0.05, 0) is 18.3 Å². The average molecular weight is 270 g/mol. The molecular weight excluding hydrogens is 252 g/mol. The average Bonchev–Trinajstić information content (AvgIpc) is 2.75. The highest BCUT2D eigenvalue weighted by Gasteiger charge is 2.30. The third-order valence-electron chi connectivity index (χ3n) is 3.46. The van der Waals surface area contributed by atoms with Crippen molar-refractivity contribution < 1.29 is 8.42 Å². The predicted molar refractivity (Wildman–Crippen MR) is 68.2 cm³/mol. The summed E-state index contributed by atoms with van der Waals surface area (Å²) in [5.74, 6) is 0.0664. The lowest BCUT2D eigenvalue weighted by atomic mass is 9.89. The Morgan fingerprint density at radius 2 is 1.89 bits per heavy atom. The minimum absolute atomic E-state index is 0.0540. The first-order valence-corrected chi connectivity index (χ1v) is 7.47. The molecule has 1 saturated carbocycles. The van der Waals surface area contributed by atoms with Gasteiger partial charge in [-0.25, -0.2) is 23.1 Å². The van der Waals surface area contributed by atoms with Gasteiger partial charge in [0.15, 0.2) is 0 Å². The van der Waals surface area contributed by atoms with Crippen LogP contribution in [0.2, 0.25) is 0 Å². The largest absolute Gasteiger partial charge is 0.368 e. The Hall–Kier alpha value is -1.21. The summed E-state index contributed by atoms with van der Waals surface area (Å²) in [5.41, 5.74) is 5.40. The van der Waals surface area contributed by atoms with Crippen LogP contribution in [-0.2, 0) is 10.0 Å². The maximum Gasteiger partial charge on any atom is 0.243 e. The van der Waals surface area contributed by atoms with Gasteiger partial charge >= 0.3 is 0 Å². The third-order valence-corrected chi connectivity index (χ3v) is 4.81. The zero-order chi connectivity index (χ0) is 13.2. The first-order chi connectivity index (χ1) is 8.41. The van der Waals surface area contributed by atoms with Gasteiger partial charge in [0.25, 0.3) is 0 Å². The molecule has 0 bridgehead atoms. The molecule has 100 valence electrons. The number of nitrogens with zero attached hydrogens (tertiary/aromatic N) is 2. The van der Waals surface area contributed by atoms with E-state index in [0.29, 0.717) is 6.54 Å². The normalized spacial score (nSPS) is 18.9. The van der Waals surface area contributed by atoms with Crippen LogP contribution in [0.15, 0.2) is 17.3 Å². The third kappa shape index (κ3) is 2.97. The highest BCUT2D eigenvalue weighted by Crippen LogP contribution is 2.36. The van der Waals surface area contributed by atoms with Crippen molar-refractivity contribution in [2.75, 3.05) is 12.3 Å². The van der Waals surface area contributed by atoms with Crippen molar-refractivity contribution in [3.63, 3.8) is 0 Å². The van der Waals surface area contributed by atoms with Gasteiger partial charge in [-0.1, -0.05) is 19.8 Å². The number of sulfonamides is 1. The van der Waals surface area contributed by atoms with E-state index in [9.17, 15) is 8.42 Å². The van der Waals surface area contributed by atoms with E-state index < -0.39 is 10.0 Å². The fourth-order valence-corrected chi connectivity index (χ4v) is 3.31. The summed E-state index contributed by atoms with van der Waals surface area (Å²) in [4.78, 5) is 7.43. The van der Waals surface area contributed by atoms with E-state index >= 15 is 0 Å². The Balaban J connectivity index is 2.05. The van der Waals surface area contributed by atoms with E-state index in [4.69, 9.17) is 5.73 Å². The maximum absolute atomic E-state index is 12.0. The van der Waals surface area contributed by atoms with Crippen molar-refractivity contribution in [3.8, 4) is 0 Å². The smallest absolute Gasteiger partial charge is 0.243 e. The number of hydrogen-bond donors (Lipinski definition) is 2. The van der Waals surface area contributed by atoms with Gasteiger partial charge in [0.05, 0.1) is 12.4 Å². The van der Waals surface area contributed by atoms with E-state index in [1.54, 1.807) is 0 Å². The molecule has 0 amide bonds. The van der Waals surface area contributed by atoms with Crippen molar-refractivity contribution >= 4 is 16.0 Å². The van der Waals surface area contributed by atoms with E-state index in [-0.39, 0.29) is 16.3 Å². The molecular formula is C11H18N4O2S. The van der Waals surface area contributed by atoms with Gasteiger partial charge in [-0.2, -0.15) is 0 Å². The number of hydrogen-bond acceptors (Lipinski definition) is 5. The van der Waals surface area contributed by atoms with Crippen LogP contribution >= 0.6 is 0 Å². The van der Waals surface area contributed by atoms with E-state index in [1.807, 2.05) is 0 Å². The molecule has 1 aromatic rings. The fourth-order valence-electron chi connectivity index (χ4n) is 2.22. The van der Waals surface area contributed by atoms with Crippen molar-refractivity contribution in [2.24, 2.45) is 5.41 Å². The number of aromatic nitrogens is 2. The molecule has 1 aliphatic carbocycles. The van der Waals surface area contributed by atoms with Crippen molar-refractivity contribution in [3.05, 3.63) is 12.4 Å². The minimum Gasteiger partial charge on any atom is -0.368 e. The molecule has 0 aromatic carbocycles. The molecule has 1 heterocycles. The number of nitrogen functional groups attached to an aromatic ring is 1. The van der Waals surface area contributed by atoms with Gasteiger partial charge in [0, 0.05) is 6.54 Å². The predicted octanol–water partition coefficient (Wildman–Crippen LogP) is 0.917. The lowest BCUT2D eigenvalue weighted by Crippen LogP contribution is -2.34. The minimum atomic E-state index is -3.53. The lowest BCUT2D eigenvalue weighted by molar-refractivity contribution is 0.336. The zero-order valence-electron chi connectivity index (χ0n) is 10.4. The quantitative estimate of drug-likeness (QED) is 0.847. The molecule has 7 heteroatoms. The Morgan fingerprint density at radius 3 is 2.44 bits per heavy atom. The number of anilines is 1. The summed E-state index contributed by atoms with van der Waals surface area (Å²) in [7, 11) is -3.53. The molecule has 6 nitrogen and oxygen atoms in total. The van der Waals surface area contributed by atoms with Crippen LogP contribution in [0.3, 0.4) is 0 Å². The Bertz CT molecular complexity index is 506. The SMILES string of the molecule is CC1(CNS(=O)(=O)c2cnc(N)nc2)CCCC1. The van der Waals surface area contributed by atoms with Gasteiger partial charge in [-0.15, -0.1) is 0 Å². The molecule has 0 unspecified atom stereocenters.